The van der Waals surface area contributed by atoms with Crippen LogP contribution >= 0.6 is 0 Å². The zero-order valence-electron chi connectivity index (χ0n) is 13.7. The van der Waals surface area contributed by atoms with E-state index in [1.807, 2.05) is 6.92 Å². The molecule has 1 fully saturated rings. The molecular formula is C17H26N2O4. The molecule has 6 nitrogen and oxygen atoms in total. The number of nitro groups is 1. The van der Waals surface area contributed by atoms with E-state index in [0.29, 0.717) is 24.4 Å². The molecule has 1 aliphatic rings. The smallest absolute Gasteiger partial charge is 0.292 e. The van der Waals surface area contributed by atoms with Gasteiger partial charge in [-0.15, -0.1) is 0 Å². The van der Waals surface area contributed by atoms with E-state index in [0.717, 1.165) is 25.9 Å². The quantitative estimate of drug-likeness (QED) is 0.413. The first-order chi connectivity index (χ1) is 11.1. The monoisotopic (exact) mass is 322 g/mol. The molecule has 1 aromatic rings. The average Bonchev–Trinajstić information content (AvgIpc) is 3.02. The number of anilines is 1. The summed E-state index contributed by atoms with van der Waals surface area (Å²) in [4.78, 5) is 10.8. The second kappa shape index (κ2) is 8.26. The zero-order chi connectivity index (χ0) is 16.7. The van der Waals surface area contributed by atoms with E-state index in [9.17, 15) is 15.2 Å². The van der Waals surface area contributed by atoms with Crippen LogP contribution in [0.15, 0.2) is 18.2 Å². The van der Waals surface area contributed by atoms with Crippen LogP contribution in [0, 0.1) is 15.5 Å². The Labute approximate surface area is 137 Å². The molecule has 0 atom stereocenters. The lowest BCUT2D eigenvalue weighted by molar-refractivity contribution is -0.384. The summed E-state index contributed by atoms with van der Waals surface area (Å²) in [5.41, 5.74) is 1.37. The molecule has 0 aliphatic heterocycles. The zero-order valence-corrected chi connectivity index (χ0v) is 13.7. The normalized spacial score (nSPS) is 16.4. The Balaban J connectivity index is 2.09. The Morgan fingerprint density at radius 1 is 1.39 bits per heavy atom. The molecule has 1 aromatic carbocycles. The number of nitro benzene ring substituents is 1. The van der Waals surface area contributed by atoms with E-state index in [-0.39, 0.29) is 22.6 Å². The molecular weight excluding hydrogens is 296 g/mol. The van der Waals surface area contributed by atoms with Crippen molar-refractivity contribution >= 4 is 11.4 Å². The minimum absolute atomic E-state index is 0.0557. The van der Waals surface area contributed by atoms with Crippen LogP contribution in [0.3, 0.4) is 0 Å². The van der Waals surface area contributed by atoms with Crippen LogP contribution in [-0.2, 0) is 11.3 Å². The summed E-state index contributed by atoms with van der Waals surface area (Å²) < 4.78 is 5.50. The molecule has 0 aromatic heterocycles. The van der Waals surface area contributed by atoms with Gasteiger partial charge in [-0.05, 0) is 49.3 Å². The number of hydrogen-bond donors (Lipinski definition) is 2. The fourth-order valence-electron chi connectivity index (χ4n) is 3.34. The van der Waals surface area contributed by atoms with Gasteiger partial charge in [-0.1, -0.05) is 12.8 Å². The summed E-state index contributed by atoms with van der Waals surface area (Å²) in [6.07, 6.45) is 5.63. The van der Waals surface area contributed by atoms with E-state index in [2.05, 4.69) is 5.32 Å². The average molecular weight is 322 g/mol. The Hall–Kier alpha value is -1.66. The number of benzene rings is 1. The third-order valence-corrected chi connectivity index (χ3v) is 4.74. The van der Waals surface area contributed by atoms with Gasteiger partial charge >= 0.3 is 0 Å². The number of ether oxygens (including phenoxy) is 1. The number of aliphatic hydroxyl groups excluding tert-OH is 1. The lowest BCUT2D eigenvalue weighted by Gasteiger charge is -2.29. The molecule has 0 heterocycles. The van der Waals surface area contributed by atoms with Gasteiger partial charge in [0.25, 0.3) is 5.69 Å². The van der Waals surface area contributed by atoms with Gasteiger partial charge in [-0.2, -0.15) is 0 Å². The number of rotatable bonds is 9. The van der Waals surface area contributed by atoms with Gasteiger partial charge in [0.15, 0.2) is 0 Å². The van der Waals surface area contributed by atoms with E-state index in [4.69, 9.17) is 4.74 Å². The summed E-state index contributed by atoms with van der Waals surface area (Å²) in [7, 11) is 0. The second-order valence-electron chi connectivity index (χ2n) is 6.27. The Morgan fingerprint density at radius 2 is 2.13 bits per heavy atom. The Morgan fingerprint density at radius 3 is 2.74 bits per heavy atom. The van der Waals surface area contributed by atoms with E-state index in [1.54, 1.807) is 12.1 Å². The first-order valence-electron chi connectivity index (χ1n) is 8.30. The second-order valence-corrected chi connectivity index (χ2v) is 6.27. The molecule has 2 N–H and O–H groups in total. The van der Waals surface area contributed by atoms with Crippen LogP contribution in [0.1, 0.15) is 44.6 Å². The molecule has 0 bridgehead atoms. The van der Waals surface area contributed by atoms with E-state index >= 15 is 0 Å². The minimum Gasteiger partial charge on any atom is -0.392 e. The largest absolute Gasteiger partial charge is 0.392 e. The third-order valence-electron chi connectivity index (χ3n) is 4.74. The molecule has 6 heteroatoms. The van der Waals surface area contributed by atoms with Crippen LogP contribution in [0.25, 0.3) is 0 Å². The highest BCUT2D eigenvalue weighted by Gasteiger charge is 2.33. The molecule has 0 saturated heterocycles. The van der Waals surface area contributed by atoms with Crippen molar-refractivity contribution in [1.29, 1.82) is 0 Å². The van der Waals surface area contributed by atoms with Crippen molar-refractivity contribution in [2.45, 2.75) is 45.6 Å². The number of aliphatic hydroxyl groups is 1. The molecule has 23 heavy (non-hydrogen) atoms. The maximum atomic E-state index is 11.2. The highest BCUT2D eigenvalue weighted by Crippen LogP contribution is 2.41. The lowest BCUT2D eigenvalue weighted by Crippen LogP contribution is -2.28. The van der Waals surface area contributed by atoms with Gasteiger partial charge < -0.3 is 15.2 Å². The molecule has 1 aliphatic carbocycles. The lowest BCUT2D eigenvalue weighted by atomic mass is 9.83. The van der Waals surface area contributed by atoms with Gasteiger partial charge in [0.05, 0.1) is 11.5 Å². The first-order valence-corrected chi connectivity index (χ1v) is 8.30. The summed E-state index contributed by atoms with van der Waals surface area (Å²) >= 11 is 0. The fourth-order valence-corrected chi connectivity index (χ4v) is 3.34. The molecule has 0 unspecified atom stereocenters. The highest BCUT2D eigenvalue weighted by molar-refractivity contribution is 5.62. The number of hydrogen-bond acceptors (Lipinski definition) is 5. The SMILES string of the molecule is CCOCCC1(CNc2cc(CO)ccc2[N+](=O)[O-])CCCC1. The molecule has 0 radical (unpaired) electrons. The Bertz CT molecular complexity index is 527. The van der Waals surface area contributed by atoms with Gasteiger partial charge in [-0.3, -0.25) is 10.1 Å². The van der Waals surface area contributed by atoms with Crippen molar-refractivity contribution in [2.24, 2.45) is 5.41 Å². The maximum absolute atomic E-state index is 11.2. The van der Waals surface area contributed by atoms with Gasteiger partial charge in [-0.25, -0.2) is 0 Å². The van der Waals surface area contributed by atoms with Crippen LogP contribution < -0.4 is 5.32 Å². The third kappa shape index (κ3) is 4.65. The predicted molar refractivity (Wildman–Crippen MR) is 89.5 cm³/mol. The molecule has 128 valence electrons. The van der Waals surface area contributed by atoms with Crippen molar-refractivity contribution < 1.29 is 14.8 Å². The van der Waals surface area contributed by atoms with Gasteiger partial charge in [0, 0.05) is 25.8 Å². The summed E-state index contributed by atoms with van der Waals surface area (Å²) in [6, 6.07) is 4.71. The topological polar surface area (TPSA) is 84.6 Å². The molecule has 0 spiro atoms. The molecule has 1 saturated carbocycles. The van der Waals surface area contributed by atoms with Crippen molar-refractivity contribution in [3.05, 3.63) is 33.9 Å². The summed E-state index contributed by atoms with van der Waals surface area (Å²) in [5, 5.41) is 23.7. The minimum atomic E-state index is -0.384. The first kappa shape index (κ1) is 17.7. The van der Waals surface area contributed by atoms with E-state index < -0.39 is 0 Å². The van der Waals surface area contributed by atoms with Crippen LogP contribution in [-0.4, -0.2) is 29.8 Å². The highest BCUT2D eigenvalue weighted by atomic mass is 16.6. The fraction of sp³-hybridized carbons (Fsp3) is 0.647. The molecule has 0 amide bonds. The van der Waals surface area contributed by atoms with Crippen molar-refractivity contribution in [3.63, 3.8) is 0 Å². The van der Waals surface area contributed by atoms with Gasteiger partial charge in [0.2, 0.25) is 0 Å². The van der Waals surface area contributed by atoms with Crippen LogP contribution in [0.4, 0.5) is 11.4 Å². The maximum Gasteiger partial charge on any atom is 0.292 e. The van der Waals surface area contributed by atoms with Crippen LogP contribution in [0.2, 0.25) is 0 Å². The van der Waals surface area contributed by atoms with Gasteiger partial charge in [0.1, 0.15) is 5.69 Å². The standard InChI is InChI=1S/C17H26N2O4/c1-2-23-10-9-17(7-3-4-8-17)13-18-15-11-14(12-20)5-6-16(15)19(21)22/h5-6,11,18,20H,2-4,7-10,12-13H2,1H3. The molecule has 2 rings (SSSR count). The summed E-state index contributed by atoms with van der Waals surface area (Å²) in [5.74, 6) is 0. The van der Waals surface area contributed by atoms with E-state index in [1.165, 1.54) is 18.9 Å². The van der Waals surface area contributed by atoms with Crippen molar-refractivity contribution in [1.82, 2.24) is 0 Å². The number of nitrogens with zero attached hydrogens (tertiary/aromatic N) is 1. The van der Waals surface area contributed by atoms with Crippen molar-refractivity contribution in [3.8, 4) is 0 Å². The Kier molecular flexibility index (Phi) is 6.36. The predicted octanol–water partition coefficient (Wildman–Crippen LogP) is 3.49. The van der Waals surface area contributed by atoms with Crippen molar-refractivity contribution in [2.75, 3.05) is 25.1 Å². The number of nitrogens with one attached hydrogen (secondary N) is 1. The van der Waals surface area contributed by atoms with Crippen LogP contribution in [0.5, 0.6) is 0 Å². The summed E-state index contributed by atoms with van der Waals surface area (Å²) in [6.45, 7) is 4.02.